The molecule has 148 valence electrons. The highest BCUT2D eigenvalue weighted by Gasteiger charge is 2.22. The third kappa shape index (κ3) is 15.1. The molecule has 0 aliphatic carbocycles. The molecule has 0 heterocycles. The molecule has 4 heteroatoms. The van der Waals surface area contributed by atoms with Crippen molar-refractivity contribution in [3.8, 4) is 0 Å². The van der Waals surface area contributed by atoms with E-state index < -0.39 is 18.1 Å². The molecule has 0 aromatic carbocycles. The summed E-state index contributed by atoms with van der Waals surface area (Å²) in [5.74, 6) is -0.554. The van der Waals surface area contributed by atoms with Crippen LogP contribution in [0.5, 0.6) is 0 Å². The van der Waals surface area contributed by atoms with Gasteiger partial charge in [0, 0.05) is 0 Å². The highest BCUT2D eigenvalue weighted by Crippen LogP contribution is 2.12. The summed E-state index contributed by atoms with van der Waals surface area (Å²) in [6.07, 6.45) is 17.8. The minimum atomic E-state index is -1.00. The van der Waals surface area contributed by atoms with Gasteiger partial charge in [0.05, 0.1) is 12.2 Å². The summed E-state index contributed by atoms with van der Waals surface area (Å²) in [6.45, 7) is 5.78. The Balaban J connectivity index is 3.52. The molecule has 0 aliphatic heterocycles. The minimum absolute atomic E-state index is 0.217. The van der Waals surface area contributed by atoms with Gasteiger partial charge >= 0.3 is 5.97 Å². The topological polar surface area (TPSA) is 72.5 Å². The summed E-state index contributed by atoms with van der Waals surface area (Å²) in [5.41, 5.74) is 5.68. The van der Waals surface area contributed by atoms with E-state index in [-0.39, 0.29) is 6.10 Å². The third-order valence-electron chi connectivity index (χ3n) is 4.30. The van der Waals surface area contributed by atoms with Gasteiger partial charge < -0.3 is 15.6 Å². The molecule has 3 N–H and O–H groups in total. The van der Waals surface area contributed by atoms with Gasteiger partial charge in [-0.25, -0.2) is 0 Å². The summed E-state index contributed by atoms with van der Waals surface area (Å²) in [5, 5.41) is 9.87. The molecule has 4 nitrogen and oxygen atoms in total. The van der Waals surface area contributed by atoms with Gasteiger partial charge in [-0.05, 0) is 26.7 Å². The zero-order valence-electron chi connectivity index (χ0n) is 16.7. The number of allylic oxidation sites excluding steroid dienone is 1. The number of ether oxygens (including phenoxy) is 1. The molecule has 2 atom stereocenters. The molecule has 0 bridgehead atoms. The van der Waals surface area contributed by atoms with Crippen LogP contribution in [0.2, 0.25) is 0 Å². The van der Waals surface area contributed by atoms with Gasteiger partial charge in [-0.3, -0.25) is 4.79 Å². The van der Waals surface area contributed by atoms with E-state index in [1.165, 1.54) is 64.2 Å². The van der Waals surface area contributed by atoms with E-state index >= 15 is 0 Å². The predicted octanol–water partition coefficient (Wildman–Crippen LogP) is 4.88. The lowest BCUT2D eigenvalue weighted by atomic mass is 10.0. The van der Waals surface area contributed by atoms with Crippen molar-refractivity contribution in [2.75, 3.05) is 0 Å². The molecule has 0 radical (unpaired) electrons. The second kappa shape index (κ2) is 16.6. The van der Waals surface area contributed by atoms with E-state index in [0.717, 1.165) is 12.8 Å². The summed E-state index contributed by atoms with van der Waals surface area (Å²) < 4.78 is 4.99. The number of carbonyl (C=O) groups excluding carboxylic acids is 1. The second-order valence-electron chi connectivity index (χ2n) is 7.25. The van der Waals surface area contributed by atoms with Gasteiger partial charge in [0.15, 0.2) is 0 Å². The van der Waals surface area contributed by atoms with Gasteiger partial charge in [-0.1, -0.05) is 83.3 Å². The lowest BCUT2D eigenvalue weighted by molar-refractivity contribution is -0.150. The average molecular weight is 356 g/mol. The van der Waals surface area contributed by atoms with E-state index in [1.807, 2.05) is 6.08 Å². The lowest BCUT2D eigenvalue weighted by Gasteiger charge is -2.16. The largest absolute Gasteiger partial charge is 0.462 e. The Bertz CT molecular complexity index is 342. The number of nitrogens with two attached hydrogens (primary N) is 1. The Morgan fingerprint density at radius 1 is 0.960 bits per heavy atom. The van der Waals surface area contributed by atoms with Gasteiger partial charge in [0.2, 0.25) is 0 Å². The number of aliphatic hydroxyl groups excluding tert-OH is 1. The van der Waals surface area contributed by atoms with Gasteiger partial charge in [-0.15, -0.1) is 0 Å². The molecule has 0 saturated heterocycles. The maximum atomic E-state index is 11.6. The maximum Gasteiger partial charge on any atom is 0.326 e. The number of hydrogen-bond donors (Lipinski definition) is 2. The van der Waals surface area contributed by atoms with Crippen molar-refractivity contribution in [1.29, 1.82) is 0 Å². The van der Waals surface area contributed by atoms with Crippen LogP contribution in [-0.4, -0.2) is 29.3 Å². The van der Waals surface area contributed by atoms with Gasteiger partial charge in [0.1, 0.15) is 6.04 Å². The summed E-state index contributed by atoms with van der Waals surface area (Å²) in [6, 6.07) is -1.00. The van der Waals surface area contributed by atoms with Crippen molar-refractivity contribution >= 4 is 5.97 Å². The van der Waals surface area contributed by atoms with Crippen molar-refractivity contribution < 1.29 is 14.6 Å². The Morgan fingerprint density at radius 3 is 1.92 bits per heavy atom. The van der Waals surface area contributed by atoms with E-state index in [9.17, 15) is 9.90 Å². The molecule has 0 spiro atoms. The van der Waals surface area contributed by atoms with Crippen LogP contribution >= 0.6 is 0 Å². The van der Waals surface area contributed by atoms with Crippen LogP contribution in [0.1, 0.15) is 97.8 Å². The van der Waals surface area contributed by atoms with E-state index in [0.29, 0.717) is 0 Å². The molecule has 25 heavy (non-hydrogen) atoms. The first-order valence-corrected chi connectivity index (χ1v) is 10.3. The quantitative estimate of drug-likeness (QED) is 0.235. The molecule has 0 fully saturated rings. The fraction of sp³-hybridized carbons (Fsp3) is 0.857. The summed E-state index contributed by atoms with van der Waals surface area (Å²) >= 11 is 0. The van der Waals surface area contributed by atoms with Gasteiger partial charge in [0.25, 0.3) is 0 Å². The Kier molecular flexibility index (Phi) is 16.0. The summed E-state index contributed by atoms with van der Waals surface area (Å²) in [7, 11) is 0. The van der Waals surface area contributed by atoms with E-state index in [1.54, 1.807) is 19.9 Å². The third-order valence-corrected chi connectivity index (χ3v) is 4.30. The van der Waals surface area contributed by atoms with E-state index in [2.05, 4.69) is 6.92 Å². The van der Waals surface area contributed by atoms with Crippen LogP contribution in [0.15, 0.2) is 12.2 Å². The number of esters is 1. The first-order chi connectivity index (χ1) is 12.0. The van der Waals surface area contributed by atoms with Crippen LogP contribution in [0.3, 0.4) is 0 Å². The van der Waals surface area contributed by atoms with Crippen LogP contribution in [-0.2, 0) is 9.53 Å². The highest BCUT2D eigenvalue weighted by atomic mass is 16.5. The molecule has 0 amide bonds. The fourth-order valence-corrected chi connectivity index (χ4v) is 2.73. The van der Waals surface area contributed by atoms with Crippen LogP contribution < -0.4 is 5.73 Å². The molecular formula is C21H41NO3. The molecule has 0 aromatic heterocycles. The molecular weight excluding hydrogens is 314 g/mol. The average Bonchev–Trinajstić information content (AvgIpc) is 2.57. The molecule has 0 aliphatic rings. The minimum Gasteiger partial charge on any atom is -0.462 e. The zero-order valence-corrected chi connectivity index (χ0v) is 16.7. The highest BCUT2D eigenvalue weighted by molar-refractivity contribution is 5.76. The predicted molar refractivity (Wildman–Crippen MR) is 105 cm³/mol. The first kappa shape index (κ1) is 24.1. The van der Waals surface area contributed by atoms with Crippen LogP contribution in [0.4, 0.5) is 0 Å². The van der Waals surface area contributed by atoms with Gasteiger partial charge in [-0.2, -0.15) is 0 Å². The lowest BCUT2D eigenvalue weighted by Crippen LogP contribution is -2.42. The Morgan fingerprint density at radius 2 is 1.44 bits per heavy atom. The van der Waals surface area contributed by atoms with Crippen molar-refractivity contribution in [2.45, 2.75) is 116 Å². The van der Waals surface area contributed by atoms with Crippen molar-refractivity contribution in [3.05, 3.63) is 12.2 Å². The number of rotatable bonds is 16. The molecule has 0 saturated carbocycles. The van der Waals surface area contributed by atoms with Crippen molar-refractivity contribution in [2.24, 2.45) is 5.73 Å². The normalized spacial score (nSPS) is 14.2. The number of aliphatic hydroxyl groups is 1. The smallest absolute Gasteiger partial charge is 0.326 e. The first-order valence-electron chi connectivity index (χ1n) is 10.3. The Hall–Kier alpha value is -0.870. The second-order valence-corrected chi connectivity index (χ2v) is 7.25. The number of carbonyl (C=O) groups is 1. The molecule has 0 aromatic rings. The van der Waals surface area contributed by atoms with Crippen molar-refractivity contribution in [1.82, 2.24) is 0 Å². The summed E-state index contributed by atoms with van der Waals surface area (Å²) in [4.78, 5) is 11.6. The number of hydrogen-bond acceptors (Lipinski definition) is 4. The number of unbranched alkanes of at least 4 members (excludes halogenated alkanes) is 11. The Labute approximate surface area is 155 Å². The van der Waals surface area contributed by atoms with E-state index in [4.69, 9.17) is 10.5 Å². The van der Waals surface area contributed by atoms with Crippen LogP contribution in [0.25, 0.3) is 0 Å². The monoisotopic (exact) mass is 355 g/mol. The zero-order chi connectivity index (χ0) is 18.9. The van der Waals surface area contributed by atoms with Crippen LogP contribution in [0, 0.1) is 0 Å². The standard InChI is InChI=1S/C21H41NO3/c1-4-5-6-7-8-9-10-11-12-13-14-15-16-17-19(23)20(22)21(24)25-18(2)3/h16-20,23H,4-15,22H2,1-3H3/b17-16+. The molecule has 0 rings (SSSR count). The maximum absolute atomic E-state index is 11.6. The van der Waals surface area contributed by atoms with Crippen molar-refractivity contribution in [3.63, 3.8) is 0 Å². The fourth-order valence-electron chi connectivity index (χ4n) is 2.73. The SMILES string of the molecule is CCCCCCCCCCCCC/C=C/C(O)C(N)C(=O)OC(C)C. The molecule has 2 unspecified atom stereocenters.